The van der Waals surface area contributed by atoms with Crippen LogP contribution >= 0.6 is 0 Å². The smallest absolute Gasteiger partial charge is 0.123 e. The van der Waals surface area contributed by atoms with Crippen molar-refractivity contribution in [2.45, 2.75) is 80.4 Å². The first-order valence-electron chi connectivity index (χ1n) is 18.8. The highest BCUT2D eigenvalue weighted by atomic mass is 15.4. The molecule has 2 aliphatic heterocycles. The van der Waals surface area contributed by atoms with Gasteiger partial charge < -0.3 is 9.80 Å². The van der Waals surface area contributed by atoms with Gasteiger partial charge in [-0.15, -0.1) is 10.2 Å². The average Bonchev–Trinajstić information content (AvgIpc) is 3.81. The molecule has 0 saturated carbocycles. The van der Waals surface area contributed by atoms with Crippen molar-refractivity contribution in [3.05, 3.63) is 108 Å². The quantitative estimate of drug-likeness (QED) is 0.163. The molecule has 0 unspecified atom stereocenters. The minimum absolute atomic E-state index is 0.539. The van der Waals surface area contributed by atoms with Crippen LogP contribution in [0.15, 0.2) is 97.1 Å². The number of fused-ring (bicyclic) bond motifs is 10. The van der Waals surface area contributed by atoms with Crippen LogP contribution in [-0.2, 0) is 26.2 Å². The van der Waals surface area contributed by atoms with Crippen molar-refractivity contribution in [1.29, 1.82) is 0 Å². The van der Waals surface area contributed by atoms with E-state index >= 15 is 0 Å². The predicted octanol–water partition coefficient (Wildman–Crippen LogP) is 9.13. The lowest BCUT2D eigenvalue weighted by atomic mass is 9.95. The van der Waals surface area contributed by atoms with Crippen molar-refractivity contribution in [2.75, 3.05) is 22.9 Å². The van der Waals surface area contributed by atoms with Crippen molar-refractivity contribution in [1.82, 2.24) is 30.0 Å². The van der Waals surface area contributed by atoms with E-state index in [1.165, 1.54) is 33.6 Å². The first kappa shape index (κ1) is 38.1. The van der Waals surface area contributed by atoms with Gasteiger partial charge >= 0.3 is 0 Å². The summed E-state index contributed by atoms with van der Waals surface area (Å²) in [7, 11) is 11.6. The van der Waals surface area contributed by atoms with Crippen LogP contribution in [0.2, 0.25) is 12.6 Å². The molecular formula is C42H50B2N8. The number of hydrogen-bond acceptors (Lipinski definition) is 6. The van der Waals surface area contributed by atoms with Crippen molar-refractivity contribution in [3.63, 3.8) is 0 Å². The maximum atomic E-state index is 5.79. The van der Waals surface area contributed by atoms with Gasteiger partial charge in [-0.2, -0.15) is 0 Å². The van der Waals surface area contributed by atoms with Gasteiger partial charge in [0.2, 0.25) is 0 Å². The molecule has 2 aromatic heterocycles. The normalized spacial score (nSPS) is 12.0. The molecule has 0 spiro atoms. The Bertz CT molecular complexity index is 2030. The van der Waals surface area contributed by atoms with E-state index in [2.05, 4.69) is 141 Å². The van der Waals surface area contributed by atoms with E-state index < -0.39 is 0 Å². The van der Waals surface area contributed by atoms with Gasteiger partial charge in [-0.1, -0.05) is 136 Å². The van der Waals surface area contributed by atoms with Gasteiger partial charge in [-0.25, -0.2) is 9.36 Å². The molecule has 0 N–H and O–H groups in total. The summed E-state index contributed by atoms with van der Waals surface area (Å²) in [6, 6.07) is 33.9. The van der Waals surface area contributed by atoms with Gasteiger partial charge in [-0.3, -0.25) is 0 Å². The summed E-state index contributed by atoms with van der Waals surface area (Å²) in [4.78, 5) is 4.79. The third kappa shape index (κ3) is 7.57. The Kier molecular flexibility index (Phi) is 13.5. The molecule has 4 radical (unpaired) electrons. The van der Waals surface area contributed by atoms with Crippen molar-refractivity contribution < 1.29 is 0 Å². The maximum absolute atomic E-state index is 5.79. The van der Waals surface area contributed by atoms with Gasteiger partial charge in [0.05, 0.1) is 27.1 Å². The zero-order valence-corrected chi connectivity index (χ0v) is 31.6. The van der Waals surface area contributed by atoms with Gasteiger partial charge in [0.15, 0.2) is 0 Å². The lowest BCUT2D eigenvalue weighted by Gasteiger charge is -2.29. The molecule has 6 aromatic rings. The minimum atomic E-state index is 0.539. The van der Waals surface area contributed by atoms with Gasteiger partial charge in [0.1, 0.15) is 11.4 Å². The molecule has 8 nitrogen and oxygen atoms in total. The summed E-state index contributed by atoms with van der Waals surface area (Å²) in [6.07, 6.45) is 1.08. The second-order valence-electron chi connectivity index (χ2n) is 12.0. The van der Waals surface area contributed by atoms with E-state index in [1.54, 1.807) is 0 Å². The van der Waals surface area contributed by atoms with Crippen molar-refractivity contribution in [3.8, 4) is 45.0 Å². The van der Waals surface area contributed by atoms with E-state index in [9.17, 15) is 0 Å². The molecule has 52 heavy (non-hydrogen) atoms. The van der Waals surface area contributed by atoms with Crippen LogP contribution in [0.25, 0.3) is 45.0 Å². The highest BCUT2D eigenvalue weighted by Crippen LogP contribution is 2.42. The van der Waals surface area contributed by atoms with Crippen LogP contribution in [-0.4, -0.2) is 58.8 Å². The number of hydrogen-bond donors (Lipinski definition) is 0. The van der Waals surface area contributed by atoms with Gasteiger partial charge in [0, 0.05) is 72.9 Å². The largest absolute Gasteiger partial charge is 0.367 e. The molecular weight excluding hydrogens is 638 g/mol. The molecule has 0 atom stereocenters. The topological polar surface area (TPSA) is 67.9 Å². The predicted molar refractivity (Wildman–Crippen MR) is 219 cm³/mol. The standard InChI is InChI=1S/2C19H19BN4.2C2H6/c1-2-23-13-14-7-3-4-8-15(14)19-18(21-22-24(19)12-11-20)16-9-5-6-10-17(16)23;1-2-23-13-14-7-3-4-8-15(14)18-19(24(12-11-20)22-21-18)16-9-5-6-10-17(16)23;2*1-2/h2*3-10H,2,11-13H2,1H3;2*1-2H3. The maximum Gasteiger partial charge on any atom is 0.123 e. The lowest BCUT2D eigenvalue weighted by molar-refractivity contribution is 0.632. The third-order valence-corrected chi connectivity index (χ3v) is 9.18. The van der Waals surface area contributed by atoms with E-state index in [-0.39, 0.29) is 0 Å². The van der Waals surface area contributed by atoms with Gasteiger partial charge in [-0.05, 0) is 37.1 Å². The summed E-state index contributed by atoms with van der Waals surface area (Å²) in [6.45, 7) is 17.3. The Balaban J connectivity index is 0.000000184. The molecule has 4 heterocycles. The zero-order valence-electron chi connectivity index (χ0n) is 31.6. The molecule has 2 aliphatic rings. The van der Waals surface area contributed by atoms with Crippen LogP contribution in [0.1, 0.15) is 52.7 Å². The fraction of sp³-hybridized carbons (Fsp3) is 0.333. The first-order chi connectivity index (χ1) is 25.7. The number of aryl methyl sites for hydroxylation is 2. The Morgan fingerprint density at radius 2 is 0.885 bits per heavy atom. The van der Waals surface area contributed by atoms with Crippen LogP contribution in [0.3, 0.4) is 0 Å². The molecule has 4 aromatic carbocycles. The van der Waals surface area contributed by atoms with Crippen LogP contribution in [0.4, 0.5) is 11.4 Å². The fourth-order valence-electron chi connectivity index (χ4n) is 6.90. The van der Waals surface area contributed by atoms with E-state index in [0.717, 1.165) is 60.1 Å². The van der Waals surface area contributed by atoms with Gasteiger partial charge in [0.25, 0.3) is 0 Å². The average molecular weight is 689 g/mol. The van der Waals surface area contributed by atoms with E-state index in [4.69, 9.17) is 15.7 Å². The first-order valence-corrected chi connectivity index (χ1v) is 18.8. The highest BCUT2D eigenvalue weighted by molar-refractivity contribution is 6.08. The van der Waals surface area contributed by atoms with Crippen LogP contribution in [0, 0.1) is 0 Å². The molecule has 0 saturated heterocycles. The molecule has 8 rings (SSSR count). The Labute approximate surface area is 312 Å². The Hall–Kier alpha value is -5.11. The zero-order chi connectivity index (χ0) is 37.0. The molecule has 0 bridgehead atoms. The van der Waals surface area contributed by atoms with Crippen molar-refractivity contribution >= 4 is 27.1 Å². The molecule has 0 aliphatic carbocycles. The summed E-state index contributed by atoms with van der Waals surface area (Å²) in [5.41, 5.74) is 13.6. The monoisotopic (exact) mass is 688 g/mol. The lowest BCUT2D eigenvalue weighted by Crippen LogP contribution is -2.24. The summed E-state index contributed by atoms with van der Waals surface area (Å²) < 4.78 is 3.87. The molecule has 0 fully saturated rings. The number of nitrogens with zero attached hydrogens (tertiary/aromatic N) is 8. The molecule has 10 heteroatoms. The second kappa shape index (κ2) is 18.4. The number of benzene rings is 4. The van der Waals surface area contributed by atoms with Crippen LogP contribution < -0.4 is 9.80 Å². The molecule has 264 valence electrons. The Morgan fingerprint density at radius 3 is 1.40 bits per heavy atom. The number of anilines is 2. The summed E-state index contributed by atoms with van der Waals surface area (Å²) >= 11 is 0. The number of rotatable bonds is 6. The SMILES string of the molecule is CC.CC.[B]CCn1nnc2c1-c1ccccc1CN(CC)c1ccccc1-2.[B]CCn1nnc2c1-c1ccccc1N(CC)Cc1ccccc1-2. The van der Waals surface area contributed by atoms with E-state index in [0.29, 0.717) is 25.7 Å². The number of para-hydroxylation sites is 2. The second-order valence-corrected chi connectivity index (χ2v) is 12.0. The highest BCUT2D eigenvalue weighted by Gasteiger charge is 2.27. The van der Waals surface area contributed by atoms with Crippen molar-refractivity contribution in [2.24, 2.45) is 0 Å². The number of aromatic nitrogens is 6. The summed E-state index contributed by atoms with van der Waals surface area (Å²) in [5.74, 6) is 0. The fourth-order valence-corrected chi connectivity index (χ4v) is 6.90. The van der Waals surface area contributed by atoms with E-state index in [1.807, 2.05) is 37.1 Å². The molecule has 0 amide bonds. The minimum Gasteiger partial charge on any atom is -0.367 e. The van der Waals surface area contributed by atoms with Crippen LogP contribution in [0.5, 0.6) is 0 Å². The summed E-state index contributed by atoms with van der Waals surface area (Å²) in [5, 5.41) is 17.8. The third-order valence-electron chi connectivity index (χ3n) is 9.18. The Morgan fingerprint density at radius 1 is 0.500 bits per heavy atom.